The third-order valence-electron chi connectivity index (χ3n) is 4.17. The van der Waals surface area contributed by atoms with Gasteiger partial charge in [-0.2, -0.15) is 0 Å². The lowest BCUT2D eigenvalue weighted by atomic mass is 10.1. The molecule has 7 nitrogen and oxygen atoms in total. The van der Waals surface area contributed by atoms with Gasteiger partial charge in [-0.1, -0.05) is 39.4 Å². The van der Waals surface area contributed by atoms with Crippen LogP contribution in [0.25, 0.3) is 27.4 Å². The molecule has 0 unspecified atom stereocenters. The number of halogens is 1. The van der Waals surface area contributed by atoms with Crippen molar-refractivity contribution < 1.29 is 19.4 Å². The molecular weight excluding hydrogens is 446 g/mol. The number of fused-ring (bicyclic) bond motifs is 1. The average molecular weight is 460 g/mol. The van der Waals surface area contributed by atoms with Crippen molar-refractivity contribution in [3.63, 3.8) is 0 Å². The van der Waals surface area contributed by atoms with E-state index in [1.807, 2.05) is 24.3 Å². The summed E-state index contributed by atoms with van der Waals surface area (Å²) in [7, 11) is 3.12. The summed E-state index contributed by atoms with van der Waals surface area (Å²) < 4.78 is 13.3. The van der Waals surface area contributed by atoms with E-state index in [0.29, 0.717) is 27.8 Å². The van der Waals surface area contributed by atoms with Crippen LogP contribution in [0.3, 0.4) is 0 Å². The standard InChI is InChI=1S/C19H14BrN3O4S/c1-26-14-7-12-13(8-15(14)27-2)23(9-21-12)19-22-16(17(28-19)18(24)25)10-4-3-5-11(20)6-10/h3-9H,1-2H3,(H,24,25). The van der Waals surface area contributed by atoms with E-state index in [-0.39, 0.29) is 4.88 Å². The van der Waals surface area contributed by atoms with Gasteiger partial charge in [-0.05, 0) is 12.1 Å². The Kier molecular flexibility index (Phi) is 4.78. The molecule has 0 saturated carbocycles. The Morgan fingerprint density at radius 2 is 1.93 bits per heavy atom. The van der Waals surface area contributed by atoms with Gasteiger partial charge in [-0.25, -0.2) is 14.8 Å². The predicted molar refractivity (Wildman–Crippen MR) is 110 cm³/mol. The molecule has 28 heavy (non-hydrogen) atoms. The molecule has 2 aromatic carbocycles. The highest BCUT2D eigenvalue weighted by Gasteiger charge is 2.21. The van der Waals surface area contributed by atoms with E-state index in [4.69, 9.17) is 9.47 Å². The summed E-state index contributed by atoms with van der Waals surface area (Å²) in [6.07, 6.45) is 1.61. The van der Waals surface area contributed by atoms with E-state index in [9.17, 15) is 9.90 Å². The van der Waals surface area contributed by atoms with Crippen LogP contribution in [0.2, 0.25) is 0 Å². The maximum absolute atomic E-state index is 11.8. The molecule has 0 saturated heterocycles. The zero-order chi connectivity index (χ0) is 19.8. The number of methoxy groups -OCH3 is 2. The lowest BCUT2D eigenvalue weighted by Gasteiger charge is -2.07. The number of hydrogen-bond donors (Lipinski definition) is 1. The Morgan fingerprint density at radius 3 is 2.61 bits per heavy atom. The number of hydrogen-bond acceptors (Lipinski definition) is 6. The van der Waals surface area contributed by atoms with Gasteiger partial charge >= 0.3 is 5.97 Å². The molecule has 0 atom stereocenters. The quantitative estimate of drug-likeness (QED) is 0.468. The number of rotatable bonds is 5. The number of ether oxygens (including phenoxy) is 2. The summed E-state index contributed by atoms with van der Waals surface area (Å²) in [6.45, 7) is 0. The number of aromatic carboxylic acids is 1. The van der Waals surface area contributed by atoms with Crippen molar-refractivity contribution >= 4 is 44.3 Å². The summed E-state index contributed by atoms with van der Waals surface area (Å²) in [6, 6.07) is 10.9. The van der Waals surface area contributed by atoms with E-state index < -0.39 is 5.97 Å². The summed E-state index contributed by atoms with van der Waals surface area (Å²) in [5, 5.41) is 10.2. The molecule has 4 aromatic rings. The van der Waals surface area contributed by atoms with Crippen molar-refractivity contribution in [1.82, 2.24) is 14.5 Å². The molecule has 142 valence electrons. The molecule has 2 heterocycles. The van der Waals surface area contributed by atoms with Gasteiger partial charge < -0.3 is 14.6 Å². The van der Waals surface area contributed by atoms with Crippen LogP contribution in [0, 0.1) is 0 Å². The molecule has 1 N–H and O–H groups in total. The first-order chi connectivity index (χ1) is 13.5. The molecule has 0 bridgehead atoms. The van der Waals surface area contributed by atoms with Crippen LogP contribution >= 0.6 is 27.3 Å². The number of aromatic nitrogens is 3. The van der Waals surface area contributed by atoms with Crippen molar-refractivity contribution in [2.75, 3.05) is 14.2 Å². The van der Waals surface area contributed by atoms with Crippen molar-refractivity contribution in [1.29, 1.82) is 0 Å². The van der Waals surface area contributed by atoms with Crippen LogP contribution in [0.4, 0.5) is 0 Å². The van der Waals surface area contributed by atoms with Crippen LogP contribution in [-0.4, -0.2) is 39.8 Å². The van der Waals surface area contributed by atoms with Crippen molar-refractivity contribution in [2.24, 2.45) is 0 Å². The molecule has 0 aliphatic carbocycles. The van der Waals surface area contributed by atoms with Crippen LogP contribution < -0.4 is 9.47 Å². The smallest absolute Gasteiger partial charge is 0.348 e. The molecule has 0 fully saturated rings. The van der Waals surface area contributed by atoms with E-state index in [0.717, 1.165) is 26.9 Å². The summed E-state index contributed by atoms with van der Waals surface area (Å²) in [5.74, 6) is 0.0989. The number of benzene rings is 2. The SMILES string of the molecule is COc1cc2ncn(-c3nc(-c4cccc(Br)c4)c(C(=O)O)s3)c2cc1OC. The minimum atomic E-state index is -1.03. The second kappa shape index (κ2) is 7.25. The minimum Gasteiger partial charge on any atom is -0.493 e. The first kappa shape index (κ1) is 18.5. The lowest BCUT2D eigenvalue weighted by molar-refractivity contribution is 0.0702. The highest BCUT2D eigenvalue weighted by Crippen LogP contribution is 2.36. The van der Waals surface area contributed by atoms with Gasteiger partial charge in [0.2, 0.25) is 0 Å². The number of imidazole rings is 1. The maximum Gasteiger partial charge on any atom is 0.348 e. The zero-order valence-corrected chi connectivity index (χ0v) is 17.2. The highest BCUT2D eigenvalue weighted by molar-refractivity contribution is 9.10. The molecule has 0 radical (unpaired) electrons. The van der Waals surface area contributed by atoms with Gasteiger partial charge in [0, 0.05) is 22.2 Å². The fourth-order valence-electron chi connectivity index (χ4n) is 2.88. The Labute approximate surface area is 172 Å². The highest BCUT2D eigenvalue weighted by atomic mass is 79.9. The van der Waals surface area contributed by atoms with Gasteiger partial charge in [0.25, 0.3) is 0 Å². The number of carbonyl (C=O) groups is 1. The Hall–Kier alpha value is -2.91. The Morgan fingerprint density at radius 1 is 1.18 bits per heavy atom. The van der Waals surface area contributed by atoms with Gasteiger partial charge in [0.05, 0.1) is 30.9 Å². The second-order valence-electron chi connectivity index (χ2n) is 5.80. The maximum atomic E-state index is 11.8. The first-order valence-electron chi connectivity index (χ1n) is 8.11. The molecular formula is C19H14BrN3O4S. The van der Waals surface area contributed by atoms with E-state index in [1.165, 1.54) is 0 Å². The van der Waals surface area contributed by atoms with Crippen LogP contribution in [0.1, 0.15) is 9.67 Å². The third kappa shape index (κ3) is 3.12. The number of nitrogens with zero attached hydrogens (tertiary/aromatic N) is 3. The van der Waals surface area contributed by atoms with Gasteiger partial charge in [-0.3, -0.25) is 4.57 Å². The number of carboxylic acid groups (broad SMARTS) is 1. The summed E-state index contributed by atoms with van der Waals surface area (Å²) in [5.41, 5.74) is 2.56. The fraction of sp³-hybridized carbons (Fsp3) is 0.105. The molecule has 0 spiro atoms. The summed E-state index contributed by atoms with van der Waals surface area (Å²) in [4.78, 5) is 21.0. The van der Waals surface area contributed by atoms with E-state index in [2.05, 4.69) is 25.9 Å². The van der Waals surface area contributed by atoms with Crippen molar-refractivity contribution in [2.45, 2.75) is 0 Å². The number of thiazole rings is 1. The molecule has 4 rings (SSSR count). The molecule has 0 aliphatic rings. The van der Waals surface area contributed by atoms with Crippen molar-refractivity contribution in [3.8, 4) is 27.9 Å². The Balaban J connectivity index is 1.90. The fourth-order valence-corrected chi connectivity index (χ4v) is 4.19. The lowest BCUT2D eigenvalue weighted by Crippen LogP contribution is -1.95. The molecule has 0 amide bonds. The predicted octanol–water partition coefficient (Wildman–Crippen LogP) is 4.63. The van der Waals surface area contributed by atoms with E-state index in [1.54, 1.807) is 37.2 Å². The van der Waals surface area contributed by atoms with Crippen LogP contribution in [0.15, 0.2) is 47.2 Å². The van der Waals surface area contributed by atoms with Crippen molar-refractivity contribution in [3.05, 3.63) is 52.1 Å². The van der Waals surface area contributed by atoms with Gasteiger partial charge in [0.15, 0.2) is 16.6 Å². The topological polar surface area (TPSA) is 86.5 Å². The van der Waals surface area contributed by atoms with Gasteiger partial charge in [0.1, 0.15) is 11.2 Å². The monoisotopic (exact) mass is 459 g/mol. The molecule has 0 aliphatic heterocycles. The first-order valence-corrected chi connectivity index (χ1v) is 9.72. The third-order valence-corrected chi connectivity index (χ3v) is 5.70. The molecule has 2 aromatic heterocycles. The van der Waals surface area contributed by atoms with Gasteiger partial charge in [-0.15, -0.1) is 0 Å². The van der Waals surface area contributed by atoms with E-state index >= 15 is 0 Å². The minimum absolute atomic E-state index is 0.162. The second-order valence-corrected chi connectivity index (χ2v) is 7.69. The summed E-state index contributed by atoms with van der Waals surface area (Å²) >= 11 is 4.50. The number of carboxylic acids is 1. The van der Waals surface area contributed by atoms with Crippen LogP contribution in [-0.2, 0) is 0 Å². The van der Waals surface area contributed by atoms with Crippen LogP contribution in [0.5, 0.6) is 11.5 Å². The zero-order valence-electron chi connectivity index (χ0n) is 14.8. The molecule has 9 heteroatoms. The largest absolute Gasteiger partial charge is 0.493 e. The normalized spacial score (nSPS) is 11.0. The average Bonchev–Trinajstić information content (AvgIpc) is 3.30. The Bertz CT molecular complexity index is 1200.